The molecule has 0 radical (unpaired) electrons. The van der Waals surface area contributed by atoms with E-state index < -0.39 is 4.92 Å². The first-order valence-electron chi connectivity index (χ1n) is 11.9. The summed E-state index contributed by atoms with van der Waals surface area (Å²) < 4.78 is 0. The number of para-hydroxylation sites is 1. The third-order valence-electron chi connectivity index (χ3n) is 6.32. The summed E-state index contributed by atoms with van der Waals surface area (Å²) in [6.07, 6.45) is 4.80. The highest BCUT2D eigenvalue weighted by Crippen LogP contribution is 2.27. The van der Waals surface area contributed by atoms with Crippen molar-refractivity contribution in [3.05, 3.63) is 100 Å². The zero-order valence-electron chi connectivity index (χ0n) is 19.6. The van der Waals surface area contributed by atoms with Crippen LogP contribution < -0.4 is 10.3 Å². The van der Waals surface area contributed by atoms with Crippen LogP contribution >= 0.6 is 0 Å². The molecule has 1 amide bonds. The van der Waals surface area contributed by atoms with Gasteiger partial charge in [0.05, 0.1) is 27.9 Å². The van der Waals surface area contributed by atoms with Crippen LogP contribution in [0.1, 0.15) is 35.2 Å². The minimum Gasteiger partial charge on any atom is -0.371 e. The van der Waals surface area contributed by atoms with Crippen LogP contribution in [-0.4, -0.2) is 35.1 Å². The number of nitro benzene ring substituents is 1. The highest BCUT2D eigenvalue weighted by Gasteiger charge is 2.18. The Bertz CT molecular complexity index is 1450. The van der Waals surface area contributed by atoms with Gasteiger partial charge in [-0.2, -0.15) is 5.10 Å². The number of nitro groups is 1. The largest absolute Gasteiger partial charge is 0.371 e. The van der Waals surface area contributed by atoms with Gasteiger partial charge in [-0.1, -0.05) is 48.5 Å². The van der Waals surface area contributed by atoms with E-state index in [4.69, 9.17) is 4.98 Å². The monoisotopic (exact) mass is 479 g/mol. The topological polar surface area (TPSA) is 101 Å². The quantitative estimate of drug-likeness (QED) is 0.222. The number of benzene rings is 3. The average Bonchev–Trinajstić information content (AvgIpc) is 2.93. The molecule has 36 heavy (non-hydrogen) atoms. The normalized spacial score (nSPS) is 13.7. The molecule has 1 N–H and O–H groups in total. The summed E-state index contributed by atoms with van der Waals surface area (Å²) in [7, 11) is 0. The third-order valence-corrected chi connectivity index (χ3v) is 6.32. The Balaban J connectivity index is 1.45. The first-order chi connectivity index (χ1) is 17.6. The Labute approximate surface area is 208 Å². The van der Waals surface area contributed by atoms with Gasteiger partial charge in [0.15, 0.2) is 0 Å². The van der Waals surface area contributed by atoms with Crippen molar-refractivity contribution in [2.24, 2.45) is 5.10 Å². The first kappa shape index (κ1) is 23.2. The van der Waals surface area contributed by atoms with Crippen molar-refractivity contribution in [2.75, 3.05) is 18.0 Å². The second-order valence-electron chi connectivity index (χ2n) is 8.69. The van der Waals surface area contributed by atoms with Gasteiger partial charge in [0.1, 0.15) is 0 Å². The minimum absolute atomic E-state index is 0.0174. The molecule has 180 valence electrons. The maximum absolute atomic E-state index is 13.2. The van der Waals surface area contributed by atoms with Gasteiger partial charge in [-0.05, 0) is 37.5 Å². The van der Waals surface area contributed by atoms with Gasteiger partial charge >= 0.3 is 0 Å². The molecule has 1 saturated heterocycles. The number of hydrazone groups is 1. The fourth-order valence-corrected chi connectivity index (χ4v) is 4.52. The van der Waals surface area contributed by atoms with Crippen molar-refractivity contribution in [1.82, 2.24) is 10.4 Å². The molecule has 0 unspecified atom stereocenters. The van der Waals surface area contributed by atoms with Crippen LogP contribution in [0.15, 0.2) is 84.0 Å². The van der Waals surface area contributed by atoms with Gasteiger partial charge < -0.3 is 4.90 Å². The van der Waals surface area contributed by atoms with Crippen molar-refractivity contribution in [2.45, 2.75) is 19.3 Å². The van der Waals surface area contributed by atoms with Crippen molar-refractivity contribution in [3.63, 3.8) is 0 Å². The Morgan fingerprint density at radius 3 is 2.50 bits per heavy atom. The van der Waals surface area contributed by atoms with Crippen molar-refractivity contribution in [1.29, 1.82) is 0 Å². The molecule has 0 spiro atoms. The van der Waals surface area contributed by atoms with E-state index in [2.05, 4.69) is 15.4 Å². The fourth-order valence-electron chi connectivity index (χ4n) is 4.52. The Morgan fingerprint density at radius 2 is 1.72 bits per heavy atom. The second-order valence-corrected chi connectivity index (χ2v) is 8.69. The molecule has 2 heterocycles. The molecule has 0 saturated carbocycles. The molecule has 1 fully saturated rings. The van der Waals surface area contributed by atoms with E-state index in [-0.39, 0.29) is 11.6 Å². The Hall–Kier alpha value is -4.59. The van der Waals surface area contributed by atoms with E-state index in [0.717, 1.165) is 37.2 Å². The Morgan fingerprint density at radius 1 is 0.972 bits per heavy atom. The Kier molecular flexibility index (Phi) is 6.66. The molecule has 1 aliphatic rings. The number of nitrogens with zero attached hydrogens (tertiary/aromatic N) is 4. The number of fused-ring (bicyclic) bond motifs is 1. The number of carbonyl (C=O) groups is 1. The van der Waals surface area contributed by atoms with Gasteiger partial charge in [-0.15, -0.1) is 0 Å². The molecule has 0 atom stereocenters. The van der Waals surface area contributed by atoms with Crippen LogP contribution in [-0.2, 0) is 0 Å². The zero-order chi connectivity index (χ0) is 24.9. The number of anilines is 1. The average molecular weight is 480 g/mol. The lowest BCUT2D eigenvalue weighted by atomic mass is 10.0. The van der Waals surface area contributed by atoms with Crippen molar-refractivity contribution < 1.29 is 9.72 Å². The number of amides is 1. The maximum atomic E-state index is 13.2. The molecule has 8 heteroatoms. The smallest absolute Gasteiger partial charge is 0.272 e. The summed E-state index contributed by atoms with van der Waals surface area (Å²) in [6, 6.07) is 23.7. The zero-order valence-corrected chi connectivity index (χ0v) is 19.6. The summed E-state index contributed by atoms with van der Waals surface area (Å²) in [6.45, 7) is 1.77. The summed E-state index contributed by atoms with van der Waals surface area (Å²) in [5.74, 6) is -0.382. The van der Waals surface area contributed by atoms with Crippen LogP contribution in [0.5, 0.6) is 0 Å². The molecule has 3 aromatic carbocycles. The first-order valence-corrected chi connectivity index (χ1v) is 11.9. The summed E-state index contributed by atoms with van der Waals surface area (Å²) in [4.78, 5) is 31.1. The molecule has 0 aliphatic carbocycles. The lowest BCUT2D eigenvalue weighted by Crippen LogP contribution is -2.30. The maximum Gasteiger partial charge on any atom is 0.272 e. The SMILES string of the molecule is O=C(N/N=C/c1cc([N+](=O)[O-])ccc1N1CCCCC1)c1cc(-c2ccccc2)nc2ccccc12. The molecular formula is C28H25N5O3. The van der Waals surface area contributed by atoms with Gasteiger partial charge in [0.25, 0.3) is 11.6 Å². The second kappa shape index (κ2) is 10.4. The van der Waals surface area contributed by atoms with Gasteiger partial charge in [0, 0.05) is 47.4 Å². The number of hydrogen-bond donors (Lipinski definition) is 1. The van der Waals surface area contributed by atoms with E-state index in [1.54, 1.807) is 12.1 Å². The molecule has 1 aliphatic heterocycles. The van der Waals surface area contributed by atoms with Gasteiger partial charge in [-0.25, -0.2) is 10.4 Å². The van der Waals surface area contributed by atoms with Crippen LogP contribution in [0.3, 0.4) is 0 Å². The predicted molar refractivity (Wildman–Crippen MR) is 141 cm³/mol. The lowest BCUT2D eigenvalue weighted by Gasteiger charge is -2.29. The van der Waals surface area contributed by atoms with E-state index >= 15 is 0 Å². The summed E-state index contributed by atoms with van der Waals surface area (Å²) in [5, 5.41) is 16.3. The number of piperidine rings is 1. The number of nitrogens with one attached hydrogen (secondary N) is 1. The number of pyridine rings is 1. The minimum atomic E-state index is -0.426. The van der Waals surface area contributed by atoms with Crippen LogP contribution in [0.2, 0.25) is 0 Å². The standard InChI is InChI=1S/C28H25N5O3/c34-28(24-18-26(20-9-3-1-4-10-20)30-25-12-6-5-11-23(24)25)31-29-19-21-17-22(33(35)36)13-14-27(21)32-15-7-2-8-16-32/h1,3-6,9-14,17-19H,2,7-8,15-16H2,(H,31,34)/b29-19+. The highest BCUT2D eigenvalue weighted by molar-refractivity contribution is 6.07. The van der Waals surface area contributed by atoms with E-state index in [1.165, 1.54) is 24.8 Å². The molecule has 1 aromatic heterocycles. The van der Waals surface area contributed by atoms with E-state index in [1.807, 2.05) is 54.6 Å². The number of aromatic nitrogens is 1. The third kappa shape index (κ3) is 4.93. The van der Waals surface area contributed by atoms with Crippen LogP contribution in [0, 0.1) is 10.1 Å². The molecule has 0 bridgehead atoms. The molecule has 8 nitrogen and oxygen atoms in total. The highest BCUT2D eigenvalue weighted by atomic mass is 16.6. The fraction of sp³-hybridized carbons (Fsp3) is 0.179. The summed E-state index contributed by atoms with van der Waals surface area (Å²) in [5.41, 5.74) is 6.82. The number of carbonyl (C=O) groups excluding carboxylic acids is 1. The molecule has 5 rings (SSSR count). The number of rotatable bonds is 6. The van der Waals surface area contributed by atoms with Crippen LogP contribution in [0.25, 0.3) is 22.2 Å². The van der Waals surface area contributed by atoms with Crippen molar-refractivity contribution >= 4 is 34.4 Å². The molecule has 4 aromatic rings. The number of non-ortho nitro benzene ring substituents is 1. The van der Waals surface area contributed by atoms with Gasteiger partial charge in [-0.3, -0.25) is 14.9 Å². The van der Waals surface area contributed by atoms with E-state index in [0.29, 0.717) is 27.7 Å². The van der Waals surface area contributed by atoms with E-state index in [9.17, 15) is 14.9 Å². The lowest BCUT2D eigenvalue weighted by molar-refractivity contribution is -0.384. The van der Waals surface area contributed by atoms with Crippen LogP contribution in [0.4, 0.5) is 11.4 Å². The molecular weight excluding hydrogens is 454 g/mol. The van der Waals surface area contributed by atoms with Crippen molar-refractivity contribution in [3.8, 4) is 11.3 Å². The summed E-state index contributed by atoms with van der Waals surface area (Å²) >= 11 is 0. The number of hydrogen-bond acceptors (Lipinski definition) is 6. The predicted octanol–water partition coefficient (Wildman–Crippen LogP) is 5.56. The van der Waals surface area contributed by atoms with Gasteiger partial charge in [0.2, 0.25) is 0 Å².